The van der Waals surface area contributed by atoms with Gasteiger partial charge in [0.1, 0.15) is 11.9 Å². The zero-order valence-corrected chi connectivity index (χ0v) is 12.8. The minimum atomic E-state index is -0.855. The van der Waals surface area contributed by atoms with Gasteiger partial charge in [-0.1, -0.05) is 44.0 Å². The maximum absolute atomic E-state index is 13.5. The van der Waals surface area contributed by atoms with Gasteiger partial charge in [-0.25, -0.2) is 4.39 Å². The van der Waals surface area contributed by atoms with Crippen molar-refractivity contribution in [2.45, 2.75) is 13.0 Å². The summed E-state index contributed by atoms with van der Waals surface area (Å²) >= 11 is 6.74. The largest absolute Gasteiger partial charge is 0.384 e. The van der Waals surface area contributed by atoms with Gasteiger partial charge in [0.25, 0.3) is 0 Å². The zero-order chi connectivity index (χ0) is 13.3. The van der Waals surface area contributed by atoms with Crippen LogP contribution in [-0.4, -0.2) is 5.11 Å². The average molecular weight is 374 g/mol. The lowest BCUT2D eigenvalue weighted by atomic mass is 10.0. The van der Waals surface area contributed by atoms with Crippen LogP contribution in [0.2, 0.25) is 0 Å². The molecule has 0 aliphatic rings. The number of halogens is 3. The molecule has 0 saturated carbocycles. The molecular formula is C14H11Br2FO. The first kappa shape index (κ1) is 13.7. The summed E-state index contributed by atoms with van der Waals surface area (Å²) in [5.41, 5.74) is 1.81. The highest BCUT2D eigenvalue weighted by molar-refractivity contribution is 9.11. The molecule has 0 aliphatic heterocycles. The van der Waals surface area contributed by atoms with E-state index in [4.69, 9.17) is 0 Å². The monoisotopic (exact) mass is 372 g/mol. The Balaban J connectivity index is 2.44. The Kier molecular flexibility index (Phi) is 4.20. The van der Waals surface area contributed by atoms with E-state index in [-0.39, 0.29) is 5.82 Å². The van der Waals surface area contributed by atoms with Gasteiger partial charge < -0.3 is 5.11 Å². The van der Waals surface area contributed by atoms with Crippen molar-refractivity contribution in [3.63, 3.8) is 0 Å². The SMILES string of the molecule is Cc1ccc(C(O)c2cc(Br)ccc2Br)cc1F. The summed E-state index contributed by atoms with van der Waals surface area (Å²) in [5, 5.41) is 10.3. The van der Waals surface area contributed by atoms with E-state index < -0.39 is 6.10 Å². The smallest absolute Gasteiger partial charge is 0.126 e. The number of benzene rings is 2. The van der Waals surface area contributed by atoms with Crippen LogP contribution in [0.25, 0.3) is 0 Å². The van der Waals surface area contributed by atoms with E-state index in [1.807, 2.05) is 18.2 Å². The van der Waals surface area contributed by atoms with Crippen molar-refractivity contribution in [3.05, 3.63) is 67.9 Å². The lowest BCUT2D eigenvalue weighted by Crippen LogP contribution is -2.02. The van der Waals surface area contributed by atoms with Gasteiger partial charge in [0.2, 0.25) is 0 Å². The van der Waals surface area contributed by atoms with Crippen LogP contribution in [0.5, 0.6) is 0 Å². The van der Waals surface area contributed by atoms with Crippen LogP contribution in [0.3, 0.4) is 0 Å². The van der Waals surface area contributed by atoms with Crippen LogP contribution in [0.15, 0.2) is 45.3 Å². The third-order valence-electron chi connectivity index (χ3n) is 2.76. The molecule has 0 aliphatic carbocycles. The Morgan fingerprint density at radius 3 is 2.50 bits per heavy atom. The van der Waals surface area contributed by atoms with E-state index >= 15 is 0 Å². The topological polar surface area (TPSA) is 20.2 Å². The first-order chi connectivity index (χ1) is 8.49. The van der Waals surface area contributed by atoms with Crippen LogP contribution >= 0.6 is 31.9 Å². The predicted octanol–water partition coefficient (Wildman–Crippen LogP) is 4.74. The van der Waals surface area contributed by atoms with E-state index in [9.17, 15) is 9.50 Å². The van der Waals surface area contributed by atoms with Crippen molar-refractivity contribution in [3.8, 4) is 0 Å². The minimum absolute atomic E-state index is 0.308. The van der Waals surface area contributed by atoms with Crippen LogP contribution in [-0.2, 0) is 0 Å². The Morgan fingerprint density at radius 2 is 1.83 bits per heavy atom. The average Bonchev–Trinajstić information content (AvgIpc) is 2.35. The molecule has 2 aromatic carbocycles. The highest BCUT2D eigenvalue weighted by atomic mass is 79.9. The molecule has 4 heteroatoms. The van der Waals surface area contributed by atoms with Gasteiger partial charge in [0.05, 0.1) is 0 Å². The first-order valence-corrected chi connectivity index (χ1v) is 6.96. The molecule has 0 radical (unpaired) electrons. The molecule has 1 unspecified atom stereocenters. The quantitative estimate of drug-likeness (QED) is 0.805. The molecule has 2 rings (SSSR count). The van der Waals surface area contributed by atoms with Gasteiger partial charge in [-0.05, 0) is 42.3 Å². The zero-order valence-electron chi connectivity index (χ0n) is 9.62. The summed E-state index contributed by atoms with van der Waals surface area (Å²) in [6, 6.07) is 10.3. The molecule has 1 nitrogen and oxygen atoms in total. The summed E-state index contributed by atoms with van der Waals surface area (Å²) in [6.45, 7) is 1.69. The molecule has 0 fully saturated rings. The summed E-state index contributed by atoms with van der Waals surface area (Å²) < 4.78 is 15.2. The second-order valence-electron chi connectivity index (χ2n) is 4.08. The molecule has 0 bridgehead atoms. The van der Waals surface area contributed by atoms with Crippen molar-refractivity contribution < 1.29 is 9.50 Å². The molecule has 0 heterocycles. The molecule has 18 heavy (non-hydrogen) atoms. The number of rotatable bonds is 2. The predicted molar refractivity (Wildman–Crippen MR) is 77.0 cm³/mol. The van der Waals surface area contributed by atoms with Crippen molar-refractivity contribution in [2.24, 2.45) is 0 Å². The number of aryl methyl sites for hydroxylation is 1. The minimum Gasteiger partial charge on any atom is -0.384 e. The third kappa shape index (κ3) is 2.82. The lowest BCUT2D eigenvalue weighted by molar-refractivity contribution is 0.219. The highest BCUT2D eigenvalue weighted by Crippen LogP contribution is 2.31. The molecule has 1 N–H and O–H groups in total. The maximum atomic E-state index is 13.5. The van der Waals surface area contributed by atoms with Gasteiger partial charge >= 0.3 is 0 Å². The summed E-state index contributed by atoms with van der Waals surface area (Å²) in [4.78, 5) is 0. The Morgan fingerprint density at radius 1 is 1.11 bits per heavy atom. The standard InChI is InChI=1S/C14H11Br2FO/c1-8-2-3-9(6-13(8)17)14(18)11-7-10(15)4-5-12(11)16/h2-7,14,18H,1H3. The molecule has 94 valence electrons. The third-order valence-corrected chi connectivity index (χ3v) is 3.98. The Bertz CT molecular complexity index is 584. The highest BCUT2D eigenvalue weighted by Gasteiger charge is 2.15. The van der Waals surface area contributed by atoms with Gasteiger partial charge in [0.15, 0.2) is 0 Å². The van der Waals surface area contributed by atoms with Gasteiger partial charge in [-0.2, -0.15) is 0 Å². The van der Waals surface area contributed by atoms with Crippen LogP contribution in [0, 0.1) is 12.7 Å². The van der Waals surface area contributed by atoms with E-state index in [2.05, 4.69) is 31.9 Å². The van der Waals surface area contributed by atoms with E-state index in [0.717, 1.165) is 8.95 Å². The van der Waals surface area contributed by atoms with E-state index in [1.54, 1.807) is 19.1 Å². The maximum Gasteiger partial charge on any atom is 0.126 e. The van der Waals surface area contributed by atoms with Crippen molar-refractivity contribution in [2.75, 3.05) is 0 Å². The molecule has 0 amide bonds. The number of aliphatic hydroxyl groups is 1. The van der Waals surface area contributed by atoms with Crippen LogP contribution < -0.4 is 0 Å². The number of aliphatic hydroxyl groups excluding tert-OH is 1. The lowest BCUT2D eigenvalue weighted by Gasteiger charge is -2.14. The van der Waals surface area contributed by atoms with Gasteiger partial charge in [-0.15, -0.1) is 0 Å². The van der Waals surface area contributed by atoms with Crippen molar-refractivity contribution in [1.82, 2.24) is 0 Å². The molecule has 0 saturated heterocycles. The molecule has 1 atom stereocenters. The Hall–Kier alpha value is -0.710. The normalized spacial score (nSPS) is 12.5. The fourth-order valence-electron chi connectivity index (χ4n) is 1.68. The summed E-state index contributed by atoms with van der Waals surface area (Å²) in [7, 11) is 0. The number of hydrogen-bond donors (Lipinski definition) is 1. The summed E-state index contributed by atoms with van der Waals surface area (Å²) in [6.07, 6.45) is -0.855. The van der Waals surface area contributed by atoms with E-state index in [0.29, 0.717) is 16.7 Å². The number of hydrogen-bond acceptors (Lipinski definition) is 1. The van der Waals surface area contributed by atoms with Gasteiger partial charge in [-0.3, -0.25) is 0 Å². The van der Waals surface area contributed by atoms with Crippen molar-refractivity contribution in [1.29, 1.82) is 0 Å². The second-order valence-corrected chi connectivity index (χ2v) is 5.85. The van der Waals surface area contributed by atoms with Crippen molar-refractivity contribution >= 4 is 31.9 Å². The fraction of sp³-hybridized carbons (Fsp3) is 0.143. The molecule has 2 aromatic rings. The second kappa shape index (κ2) is 5.51. The van der Waals surface area contributed by atoms with Crippen LogP contribution in [0.1, 0.15) is 22.8 Å². The van der Waals surface area contributed by atoms with Crippen LogP contribution in [0.4, 0.5) is 4.39 Å². The first-order valence-electron chi connectivity index (χ1n) is 5.38. The van der Waals surface area contributed by atoms with Gasteiger partial charge in [0, 0.05) is 14.5 Å². The Labute approximate surface area is 122 Å². The summed E-state index contributed by atoms with van der Waals surface area (Å²) in [5.74, 6) is -0.308. The van der Waals surface area contributed by atoms with E-state index in [1.165, 1.54) is 6.07 Å². The molecule has 0 aromatic heterocycles. The fourth-order valence-corrected chi connectivity index (χ4v) is 2.53. The molecular weight excluding hydrogens is 363 g/mol. The molecule has 0 spiro atoms.